The Morgan fingerprint density at radius 3 is 2.82 bits per heavy atom. The minimum Gasteiger partial charge on any atom is -0.481 e. The molecule has 4 rings (SSSR count). The SMILES string of the molecule is Cc1cccc(OC(C)C(=O)Nc2cccc(-c3ccc4nncn4n3)c2)c1. The molecule has 1 atom stereocenters. The van der Waals surface area contributed by atoms with E-state index in [0.717, 1.165) is 16.8 Å². The van der Waals surface area contributed by atoms with Crippen molar-refractivity contribution >= 4 is 17.2 Å². The maximum atomic E-state index is 12.5. The third-order valence-corrected chi connectivity index (χ3v) is 4.26. The summed E-state index contributed by atoms with van der Waals surface area (Å²) in [6.07, 6.45) is 0.923. The number of carbonyl (C=O) groups is 1. The molecule has 0 saturated heterocycles. The minimum absolute atomic E-state index is 0.221. The number of ether oxygens (including phenoxy) is 1. The number of carbonyl (C=O) groups excluding carboxylic acids is 1. The van der Waals surface area contributed by atoms with E-state index in [1.54, 1.807) is 17.8 Å². The van der Waals surface area contributed by atoms with Gasteiger partial charge in [0.25, 0.3) is 5.91 Å². The first-order valence-electron chi connectivity index (χ1n) is 8.90. The van der Waals surface area contributed by atoms with Gasteiger partial charge in [-0.1, -0.05) is 24.3 Å². The molecule has 0 aliphatic carbocycles. The van der Waals surface area contributed by atoms with Gasteiger partial charge in [-0.2, -0.15) is 9.61 Å². The molecule has 2 heterocycles. The van der Waals surface area contributed by atoms with Crippen molar-refractivity contribution in [3.05, 3.63) is 72.6 Å². The largest absolute Gasteiger partial charge is 0.481 e. The van der Waals surface area contributed by atoms with Gasteiger partial charge in [0.15, 0.2) is 11.8 Å². The molecule has 140 valence electrons. The Bertz CT molecular complexity index is 1140. The Morgan fingerprint density at radius 1 is 1.11 bits per heavy atom. The average Bonchev–Trinajstić information content (AvgIpc) is 3.16. The number of amides is 1. The topological polar surface area (TPSA) is 81.4 Å². The van der Waals surface area contributed by atoms with Crippen molar-refractivity contribution in [2.24, 2.45) is 0 Å². The second-order valence-electron chi connectivity index (χ2n) is 6.50. The van der Waals surface area contributed by atoms with Crippen LogP contribution < -0.4 is 10.1 Å². The van der Waals surface area contributed by atoms with Crippen LogP contribution in [-0.2, 0) is 4.79 Å². The van der Waals surface area contributed by atoms with E-state index in [1.807, 2.05) is 67.6 Å². The molecule has 0 aliphatic rings. The number of anilines is 1. The molecule has 4 aromatic rings. The standard InChI is InChI=1S/C21H19N5O2/c1-14-5-3-8-18(11-14)28-15(2)21(27)23-17-7-4-6-16(12-17)19-9-10-20-24-22-13-26(20)25-19/h3-13,15H,1-2H3,(H,23,27). The van der Waals surface area contributed by atoms with E-state index >= 15 is 0 Å². The normalized spacial score (nSPS) is 11.9. The first-order chi connectivity index (χ1) is 13.6. The number of aryl methyl sites for hydroxylation is 1. The van der Waals surface area contributed by atoms with Crippen molar-refractivity contribution in [1.29, 1.82) is 0 Å². The summed E-state index contributed by atoms with van der Waals surface area (Å²) in [5.74, 6) is 0.448. The predicted molar refractivity (Wildman–Crippen MR) is 106 cm³/mol. The van der Waals surface area contributed by atoms with Gasteiger partial charge in [-0.05, 0) is 55.8 Å². The van der Waals surface area contributed by atoms with Gasteiger partial charge in [0, 0.05) is 11.3 Å². The molecule has 0 fully saturated rings. The summed E-state index contributed by atoms with van der Waals surface area (Å²) in [5, 5.41) is 15.2. The Kier molecular flexibility index (Phi) is 4.72. The number of nitrogens with one attached hydrogen (secondary N) is 1. The summed E-state index contributed by atoms with van der Waals surface area (Å²) in [7, 11) is 0. The summed E-state index contributed by atoms with van der Waals surface area (Å²) in [5.41, 5.74) is 4.06. The van der Waals surface area contributed by atoms with Crippen molar-refractivity contribution in [2.75, 3.05) is 5.32 Å². The highest BCUT2D eigenvalue weighted by molar-refractivity contribution is 5.94. The number of hydrogen-bond donors (Lipinski definition) is 1. The van der Waals surface area contributed by atoms with Gasteiger partial charge in [-0.3, -0.25) is 4.79 Å². The summed E-state index contributed by atoms with van der Waals surface area (Å²) in [6, 6.07) is 18.8. The van der Waals surface area contributed by atoms with E-state index < -0.39 is 6.10 Å². The number of fused-ring (bicyclic) bond motifs is 1. The van der Waals surface area contributed by atoms with Crippen LogP contribution >= 0.6 is 0 Å². The zero-order valence-corrected chi connectivity index (χ0v) is 15.5. The van der Waals surface area contributed by atoms with Crippen LogP contribution in [-0.4, -0.2) is 31.8 Å². The third-order valence-electron chi connectivity index (χ3n) is 4.26. The van der Waals surface area contributed by atoms with Gasteiger partial charge in [0.1, 0.15) is 12.1 Å². The van der Waals surface area contributed by atoms with E-state index in [1.165, 1.54) is 0 Å². The molecule has 1 amide bonds. The fourth-order valence-electron chi connectivity index (χ4n) is 2.83. The first-order valence-corrected chi connectivity index (χ1v) is 8.90. The van der Waals surface area contributed by atoms with Crippen molar-refractivity contribution in [3.63, 3.8) is 0 Å². The van der Waals surface area contributed by atoms with Gasteiger partial charge in [-0.25, -0.2) is 0 Å². The van der Waals surface area contributed by atoms with Gasteiger partial charge in [0.05, 0.1) is 5.69 Å². The van der Waals surface area contributed by atoms with Crippen LogP contribution in [0.25, 0.3) is 16.9 Å². The van der Waals surface area contributed by atoms with E-state index in [4.69, 9.17) is 4.74 Å². The zero-order chi connectivity index (χ0) is 19.5. The molecule has 0 spiro atoms. The zero-order valence-electron chi connectivity index (χ0n) is 15.5. The molecule has 1 N–H and O–H groups in total. The van der Waals surface area contributed by atoms with E-state index in [-0.39, 0.29) is 5.91 Å². The van der Waals surface area contributed by atoms with Crippen LogP contribution in [0.1, 0.15) is 12.5 Å². The molecule has 1 unspecified atom stereocenters. The molecule has 0 radical (unpaired) electrons. The molecular weight excluding hydrogens is 354 g/mol. The van der Waals surface area contributed by atoms with Crippen LogP contribution in [0.5, 0.6) is 5.75 Å². The molecule has 7 nitrogen and oxygen atoms in total. The van der Waals surface area contributed by atoms with Crippen LogP contribution in [0.15, 0.2) is 67.0 Å². The Hall–Kier alpha value is -3.74. The van der Waals surface area contributed by atoms with Crippen molar-refractivity contribution in [2.45, 2.75) is 20.0 Å². The van der Waals surface area contributed by atoms with Crippen molar-refractivity contribution in [3.8, 4) is 17.0 Å². The molecule has 0 saturated carbocycles. The molecule has 28 heavy (non-hydrogen) atoms. The van der Waals surface area contributed by atoms with Crippen LogP contribution in [0.2, 0.25) is 0 Å². The van der Waals surface area contributed by atoms with Gasteiger partial charge >= 0.3 is 0 Å². The summed E-state index contributed by atoms with van der Waals surface area (Å²) < 4.78 is 7.35. The van der Waals surface area contributed by atoms with Crippen LogP contribution in [0, 0.1) is 6.92 Å². The second-order valence-corrected chi connectivity index (χ2v) is 6.50. The lowest BCUT2D eigenvalue weighted by Crippen LogP contribution is -2.30. The number of aromatic nitrogens is 4. The maximum Gasteiger partial charge on any atom is 0.265 e. The van der Waals surface area contributed by atoms with Crippen LogP contribution in [0.3, 0.4) is 0 Å². The lowest BCUT2D eigenvalue weighted by molar-refractivity contribution is -0.122. The molecule has 0 bridgehead atoms. The fourth-order valence-corrected chi connectivity index (χ4v) is 2.83. The maximum absolute atomic E-state index is 12.5. The molecule has 0 aliphatic heterocycles. The van der Waals surface area contributed by atoms with Gasteiger partial charge in [-0.15, -0.1) is 10.2 Å². The summed E-state index contributed by atoms with van der Waals surface area (Å²) in [6.45, 7) is 3.71. The molecular formula is C21H19N5O2. The van der Waals surface area contributed by atoms with E-state index in [2.05, 4.69) is 20.6 Å². The van der Waals surface area contributed by atoms with Gasteiger partial charge in [0.2, 0.25) is 0 Å². The predicted octanol–water partition coefficient (Wildman–Crippen LogP) is 3.51. The van der Waals surface area contributed by atoms with E-state index in [0.29, 0.717) is 17.1 Å². The Labute approximate surface area is 162 Å². The van der Waals surface area contributed by atoms with E-state index in [9.17, 15) is 4.79 Å². The molecule has 2 aromatic heterocycles. The number of hydrogen-bond acceptors (Lipinski definition) is 5. The van der Waals surface area contributed by atoms with Crippen molar-refractivity contribution in [1.82, 2.24) is 19.8 Å². The molecule has 2 aromatic carbocycles. The van der Waals surface area contributed by atoms with Crippen LogP contribution in [0.4, 0.5) is 5.69 Å². The monoisotopic (exact) mass is 373 g/mol. The highest BCUT2D eigenvalue weighted by Crippen LogP contribution is 2.21. The third kappa shape index (κ3) is 3.83. The number of rotatable bonds is 5. The second kappa shape index (κ2) is 7.48. The highest BCUT2D eigenvalue weighted by Gasteiger charge is 2.15. The lowest BCUT2D eigenvalue weighted by Gasteiger charge is -2.15. The quantitative estimate of drug-likeness (QED) is 0.579. The first kappa shape index (κ1) is 17.7. The van der Waals surface area contributed by atoms with Crippen molar-refractivity contribution < 1.29 is 9.53 Å². The highest BCUT2D eigenvalue weighted by atomic mass is 16.5. The Morgan fingerprint density at radius 2 is 1.96 bits per heavy atom. The minimum atomic E-state index is -0.628. The summed E-state index contributed by atoms with van der Waals surface area (Å²) in [4.78, 5) is 12.5. The van der Waals surface area contributed by atoms with Gasteiger partial charge < -0.3 is 10.1 Å². The smallest absolute Gasteiger partial charge is 0.265 e. The number of benzene rings is 2. The Balaban J connectivity index is 1.48. The lowest BCUT2D eigenvalue weighted by atomic mass is 10.1. The average molecular weight is 373 g/mol. The summed E-state index contributed by atoms with van der Waals surface area (Å²) >= 11 is 0. The molecule has 7 heteroatoms. The number of nitrogens with zero attached hydrogens (tertiary/aromatic N) is 4. The fraction of sp³-hybridized carbons (Fsp3) is 0.143.